The van der Waals surface area contributed by atoms with Gasteiger partial charge in [-0.25, -0.2) is 4.68 Å². The van der Waals surface area contributed by atoms with Crippen LogP contribution in [-0.2, 0) is 4.79 Å². The third-order valence-electron chi connectivity index (χ3n) is 4.82. The van der Waals surface area contributed by atoms with Crippen LogP contribution in [0.3, 0.4) is 0 Å². The number of carbonyl (C=O) groups is 1. The number of nitrogens with one attached hydrogen (secondary N) is 2. The molecule has 2 N–H and O–H groups in total. The molecule has 0 saturated carbocycles. The van der Waals surface area contributed by atoms with Crippen LogP contribution in [0.15, 0.2) is 66.1 Å². The number of rotatable bonds is 6. The number of para-hydroxylation sites is 2. The quantitative estimate of drug-likeness (QED) is 0.622. The topological polar surface area (TPSA) is 90.3 Å². The number of benzene rings is 2. The normalized spacial score (nSPS) is 15.3. The average Bonchev–Trinajstić information content (AvgIpc) is 3.21. The molecule has 0 bridgehead atoms. The van der Waals surface area contributed by atoms with Gasteiger partial charge in [0, 0.05) is 5.70 Å². The minimum absolute atomic E-state index is 0.0206. The highest BCUT2D eigenvalue weighted by molar-refractivity contribution is 6.06. The van der Waals surface area contributed by atoms with Gasteiger partial charge >= 0.3 is 6.61 Å². The Morgan fingerprint density at radius 2 is 1.94 bits per heavy atom. The molecule has 8 nitrogen and oxygen atoms in total. The molecule has 0 fully saturated rings. The zero-order valence-electron chi connectivity index (χ0n) is 16.7. The van der Waals surface area contributed by atoms with Gasteiger partial charge in [0.15, 0.2) is 0 Å². The second-order valence-corrected chi connectivity index (χ2v) is 6.70. The van der Waals surface area contributed by atoms with Crippen molar-refractivity contribution in [3.05, 3.63) is 71.7 Å². The van der Waals surface area contributed by atoms with Crippen molar-refractivity contribution in [1.82, 2.24) is 14.8 Å². The van der Waals surface area contributed by atoms with Crippen LogP contribution in [0.1, 0.15) is 18.5 Å². The summed E-state index contributed by atoms with van der Waals surface area (Å²) in [6.07, 6.45) is 1.37. The molecule has 0 spiro atoms. The van der Waals surface area contributed by atoms with E-state index in [1.165, 1.54) is 25.6 Å². The van der Waals surface area contributed by atoms with Crippen LogP contribution in [0.2, 0.25) is 0 Å². The largest absolute Gasteiger partial charge is 0.495 e. The summed E-state index contributed by atoms with van der Waals surface area (Å²) in [6, 6.07) is 12.5. The van der Waals surface area contributed by atoms with Gasteiger partial charge in [-0.05, 0) is 36.8 Å². The molecule has 1 atom stereocenters. The number of aromatic nitrogens is 3. The summed E-state index contributed by atoms with van der Waals surface area (Å²) in [5.41, 5.74) is 2.15. The summed E-state index contributed by atoms with van der Waals surface area (Å²) in [5.74, 6) is 0.634. The SMILES string of the molecule is COc1ccccc1NC(=O)C1=C(C)Nc2ncnn2[C@H]1c1ccc(OC(F)F)cc1. The highest BCUT2D eigenvalue weighted by Gasteiger charge is 2.33. The van der Waals surface area contributed by atoms with Gasteiger partial charge in [-0.3, -0.25) is 4.79 Å². The predicted octanol–water partition coefficient (Wildman–Crippen LogP) is 3.82. The van der Waals surface area contributed by atoms with Crippen LogP contribution in [-0.4, -0.2) is 34.4 Å². The first-order valence-corrected chi connectivity index (χ1v) is 9.34. The van der Waals surface area contributed by atoms with Crippen LogP contribution in [0.5, 0.6) is 11.5 Å². The molecule has 1 aromatic heterocycles. The van der Waals surface area contributed by atoms with Gasteiger partial charge in [0.25, 0.3) is 5.91 Å². The Labute approximate surface area is 176 Å². The third kappa shape index (κ3) is 4.04. The monoisotopic (exact) mass is 427 g/mol. The van der Waals surface area contributed by atoms with E-state index >= 15 is 0 Å². The Morgan fingerprint density at radius 3 is 2.65 bits per heavy atom. The summed E-state index contributed by atoms with van der Waals surface area (Å²) < 4.78 is 36.3. The van der Waals surface area contributed by atoms with Crippen LogP contribution in [0.25, 0.3) is 0 Å². The van der Waals surface area contributed by atoms with Gasteiger partial charge in [0.2, 0.25) is 5.95 Å². The maximum atomic E-state index is 13.3. The number of nitrogens with zero attached hydrogens (tertiary/aromatic N) is 3. The fourth-order valence-corrected chi connectivity index (χ4v) is 3.46. The highest BCUT2D eigenvalue weighted by atomic mass is 19.3. The van der Waals surface area contributed by atoms with E-state index in [0.29, 0.717) is 34.2 Å². The van der Waals surface area contributed by atoms with E-state index in [2.05, 4.69) is 25.5 Å². The zero-order chi connectivity index (χ0) is 22.0. The fraction of sp³-hybridized carbons (Fsp3) is 0.190. The molecule has 0 unspecified atom stereocenters. The van der Waals surface area contributed by atoms with Crippen molar-refractivity contribution in [2.75, 3.05) is 17.7 Å². The number of allylic oxidation sites excluding steroid dienone is 1. The molecule has 1 aliphatic heterocycles. The van der Waals surface area contributed by atoms with E-state index in [1.54, 1.807) is 48.0 Å². The zero-order valence-corrected chi connectivity index (χ0v) is 16.7. The Morgan fingerprint density at radius 1 is 1.19 bits per heavy atom. The second kappa shape index (κ2) is 8.42. The molecule has 0 saturated heterocycles. The summed E-state index contributed by atoms with van der Waals surface area (Å²) in [5, 5.41) is 10.2. The number of amides is 1. The average molecular weight is 427 g/mol. The molecule has 1 aliphatic rings. The van der Waals surface area contributed by atoms with E-state index in [0.717, 1.165) is 0 Å². The molecule has 3 aromatic rings. The van der Waals surface area contributed by atoms with Crippen molar-refractivity contribution in [1.29, 1.82) is 0 Å². The first kappa shape index (κ1) is 20.3. The molecule has 31 heavy (non-hydrogen) atoms. The number of anilines is 2. The molecule has 2 heterocycles. The van der Waals surface area contributed by atoms with Crippen molar-refractivity contribution in [2.45, 2.75) is 19.6 Å². The predicted molar refractivity (Wildman–Crippen MR) is 109 cm³/mol. The molecule has 1 amide bonds. The molecular weight excluding hydrogens is 408 g/mol. The Balaban J connectivity index is 1.71. The standard InChI is InChI=1S/C21H19F2N5O3/c1-12-17(19(29)27-15-5-3-4-6-16(15)30-2)18(28-21(26-12)24-11-25-28)13-7-9-14(10-8-13)31-20(22)23/h3-11,18,20H,1-2H3,(H,27,29)(H,24,25,26)/t18-/m0/s1. The number of hydrogen-bond donors (Lipinski definition) is 2. The van der Waals surface area contributed by atoms with Crippen LogP contribution in [0, 0.1) is 0 Å². The third-order valence-corrected chi connectivity index (χ3v) is 4.82. The molecular formula is C21H19F2N5O3. The van der Waals surface area contributed by atoms with Crippen molar-refractivity contribution in [3.8, 4) is 11.5 Å². The molecule has 2 aromatic carbocycles. The van der Waals surface area contributed by atoms with Gasteiger partial charge in [-0.2, -0.15) is 18.9 Å². The smallest absolute Gasteiger partial charge is 0.387 e. The summed E-state index contributed by atoms with van der Waals surface area (Å²) in [4.78, 5) is 17.5. The molecule has 10 heteroatoms. The number of ether oxygens (including phenoxy) is 2. The van der Waals surface area contributed by atoms with Crippen molar-refractivity contribution in [3.63, 3.8) is 0 Å². The van der Waals surface area contributed by atoms with Gasteiger partial charge in [0.05, 0.1) is 18.4 Å². The minimum Gasteiger partial charge on any atom is -0.495 e. The molecule has 0 radical (unpaired) electrons. The number of fused-ring (bicyclic) bond motifs is 1. The van der Waals surface area contributed by atoms with Crippen LogP contribution >= 0.6 is 0 Å². The van der Waals surface area contributed by atoms with Crippen molar-refractivity contribution in [2.24, 2.45) is 0 Å². The van der Waals surface area contributed by atoms with E-state index < -0.39 is 12.7 Å². The lowest BCUT2D eigenvalue weighted by molar-refractivity contribution is -0.113. The Kier molecular flexibility index (Phi) is 5.52. The summed E-state index contributed by atoms with van der Waals surface area (Å²) in [6.45, 7) is -1.16. The first-order valence-electron chi connectivity index (χ1n) is 9.34. The Hall–Kier alpha value is -3.95. The van der Waals surface area contributed by atoms with Crippen molar-refractivity contribution >= 4 is 17.5 Å². The van der Waals surface area contributed by atoms with Crippen LogP contribution in [0.4, 0.5) is 20.4 Å². The minimum atomic E-state index is -2.92. The number of alkyl halides is 2. The van der Waals surface area contributed by atoms with Gasteiger partial charge in [0.1, 0.15) is 23.9 Å². The number of hydrogen-bond acceptors (Lipinski definition) is 6. The van der Waals surface area contributed by atoms with Gasteiger partial charge in [-0.15, -0.1) is 0 Å². The maximum Gasteiger partial charge on any atom is 0.387 e. The lowest BCUT2D eigenvalue weighted by Gasteiger charge is -2.29. The lowest BCUT2D eigenvalue weighted by Crippen LogP contribution is -2.31. The maximum absolute atomic E-state index is 13.3. The molecule has 160 valence electrons. The van der Waals surface area contributed by atoms with E-state index in [9.17, 15) is 13.6 Å². The van der Waals surface area contributed by atoms with Gasteiger partial charge < -0.3 is 20.1 Å². The summed E-state index contributed by atoms with van der Waals surface area (Å²) >= 11 is 0. The van der Waals surface area contributed by atoms with Gasteiger partial charge in [-0.1, -0.05) is 24.3 Å². The molecule has 0 aliphatic carbocycles. The summed E-state index contributed by atoms with van der Waals surface area (Å²) in [7, 11) is 1.52. The number of halogens is 2. The van der Waals surface area contributed by atoms with E-state index in [4.69, 9.17) is 4.74 Å². The van der Waals surface area contributed by atoms with Crippen LogP contribution < -0.4 is 20.1 Å². The molecule has 4 rings (SSSR count). The lowest BCUT2D eigenvalue weighted by atomic mass is 9.95. The number of carbonyl (C=O) groups excluding carboxylic acids is 1. The van der Waals surface area contributed by atoms with Crippen molar-refractivity contribution < 1.29 is 23.0 Å². The Bertz CT molecular complexity index is 1130. The first-order chi connectivity index (χ1) is 15.0. The highest BCUT2D eigenvalue weighted by Crippen LogP contribution is 2.36. The number of methoxy groups -OCH3 is 1. The second-order valence-electron chi connectivity index (χ2n) is 6.70. The van der Waals surface area contributed by atoms with E-state index in [1.807, 2.05) is 0 Å². The van der Waals surface area contributed by atoms with E-state index in [-0.39, 0.29) is 11.7 Å². The fourth-order valence-electron chi connectivity index (χ4n) is 3.46.